The maximum atomic E-state index is 13.1. The van der Waals surface area contributed by atoms with Gasteiger partial charge in [0.15, 0.2) is 4.34 Å². The van der Waals surface area contributed by atoms with E-state index in [0.717, 1.165) is 29.1 Å². The van der Waals surface area contributed by atoms with Gasteiger partial charge in [-0.3, -0.25) is 4.79 Å². The van der Waals surface area contributed by atoms with Gasteiger partial charge in [-0.2, -0.15) is 13.2 Å². The molecule has 0 bridgehead atoms. The summed E-state index contributed by atoms with van der Waals surface area (Å²) < 4.78 is 39.8. The van der Waals surface area contributed by atoms with Gasteiger partial charge in [0.1, 0.15) is 0 Å². The number of nitrogens with one attached hydrogen (secondary N) is 2. The number of aromatic nitrogens is 2. The second-order valence-electron chi connectivity index (χ2n) is 6.16. The highest BCUT2D eigenvalue weighted by atomic mass is 32.2. The quantitative estimate of drug-likeness (QED) is 0.481. The number of benzene rings is 2. The van der Waals surface area contributed by atoms with E-state index in [9.17, 15) is 18.0 Å². The number of hydrogen-bond acceptors (Lipinski definition) is 6. The van der Waals surface area contributed by atoms with Gasteiger partial charge in [-0.1, -0.05) is 47.4 Å². The average molecular weight is 439 g/mol. The Labute approximate surface area is 173 Å². The minimum absolute atomic E-state index is 0.267. The van der Waals surface area contributed by atoms with Crippen LogP contribution in [0.3, 0.4) is 0 Å². The lowest BCUT2D eigenvalue weighted by Gasteiger charge is -2.15. The normalized spacial score (nSPS) is 12.4. The number of thioether (sulfide) groups is 1. The fourth-order valence-corrected chi connectivity index (χ4v) is 4.35. The minimum Gasteiger partial charge on any atom is -0.330 e. The summed E-state index contributed by atoms with van der Waals surface area (Å²) in [6, 6.07) is 12.6. The SMILES string of the molecule is Cc1cccc(Nc2nnc(SC(C)C(=O)Nc3ccccc3C(F)(F)F)s2)c1. The third kappa shape index (κ3) is 5.70. The van der Waals surface area contributed by atoms with Crippen LogP contribution in [0.4, 0.5) is 29.7 Å². The second kappa shape index (κ2) is 8.83. The van der Waals surface area contributed by atoms with E-state index >= 15 is 0 Å². The number of halogens is 3. The summed E-state index contributed by atoms with van der Waals surface area (Å²) >= 11 is 2.39. The van der Waals surface area contributed by atoms with Crippen LogP contribution in [0, 0.1) is 6.92 Å². The Hall–Kier alpha value is -2.59. The first-order valence-electron chi connectivity index (χ1n) is 8.53. The molecule has 2 N–H and O–H groups in total. The molecule has 0 spiro atoms. The molecule has 1 unspecified atom stereocenters. The first-order chi connectivity index (χ1) is 13.7. The lowest BCUT2D eigenvalue weighted by molar-refractivity contribution is -0.137. The molecule has 10 heteroatoms. The van der Waals surface area contributed by atoms with Crippen molar-refractivity contribution in [3.63, 3.8) is 0 Å². The van der Waals surface area contributed by atoms with Crippen molar-refractivity contribution in [1.82, 2.24) is 10.2 Å². The molecule has 0 saturated carbocycles. The molecule has 1 amide bonds. The smallest absolute Gasteiger partial charge is 0.330 e. The van der Waals surface area contributed by atoms with Crippen LogP contribution in [-0.4, -0.2) is 21.4 Å². The van der Waals surface area contributed by atoms with Crippen LogP contribution in [0.1, 0.15) is 18.1 Å². The van der Waals surface area contributed by atoms with Crippen LogP contribution < -0.4 is 10.6 Å². The van der Waals surface area contributed by atoms with Crippen LogP contribution in [0.5, 0.6) is 0 Å². The van der Waals surface area contributed by atoms with Gasteiger partial charge in [-0.25, -0.2) is 0 Å². The van der Waals surface area contributed by atoms with Crippen LogP contribution in [0.25, 0.3) is 0 Å². The lowest BCUT2D eigenvalue weighted by atomic mass is 10.1. The van der Waals surface area contributed by atoms with E-state index in [2.05, 4.69) is 20.8 Å². The van der Waals surface area contributed by atoms with Gasteiger partial charge in [0.05, 0.1) is 16.5 Å². The Bertz CT molecular complexity index is 1010. The molecule has 0 radical (unpaired) electrons. The number of para-hydroxylation sites is 1. The van der Waals surface area contributed by atoms with E-state index in [0.29, 0.717) is 9.47 Å². The van der Waals surface area contributed by atoms with Crippen molar-refractivity contribution < 1.29 is 18.0 Å². The van der Waals surface area contributed by atoms with Gasteiger partial charge in [-0.15, -0.1) is 10.2 Å². The number of anilines is 3. The molecule has 0 aliphatic rings. The third-order valence-corrected chi connectivity index (χ3v) is 5.84. The molecule has 0 fully saturated rings. The van der Waals surface area contributed by atoms with Crippen LogP contribution in [0.15, 0.2) is 52.9 Å². The molecule has 3 aromatic rings. The first kappa shape index (κ1) is 21.1. The molecule has 0 aliphatic carbocycles. The Morgan fingerprint density at radius 1 is 1.14 bits per heavy atom. The molecule has 1 atom stereocenters. The standard InChI is InChI=1S/C19H17F3N4OS2/c1-11-6-5-7-13(10-11)23-17-25-26-18(29-17)28-12(2)16(27)24-15-9-4-3-8-14(15)19(20,21)22/h3-10,12H,1-2H3,(H,23,25)(H,24,27). The molecule has 0 saturated heterocycles. The molecule has 29 heavy (non-hydrogen) atoms. The van der Waals surface area contributed by atoms with Gasteiger partial charge in [-0.05, 0) is 43.7 Å². The Morgan fingerprint density at radius 3 is 2.62 bits per heavy atom. The highest BCUT2D eigenvalue weighted by Gasteiger charge is 2.34. The van der Waals surface area contributed by atoms with E-state index in [1.54, 1.807) is 6.92 Å². The molecule has 5 nitrogen and oxygen atoms in total. The fraction of sp³-hybridized carbons (Fsp3) is 0.211. The van der Waals surface area contributed by atoms with E-state index < -0.39 is 22.9 Å². The van der Waals surface area contributed by atoms with Crippen LogP contribution in [-0.2, 0) is 11.0 Å². The Morgan fingerprint density at radius 2 is 1.90 bits per heavy atom. The average Bonchev–Trinajstić information content (AvgIpc) is 3.08. The minimum atomic E-state index is -4.55. The molecular formula is C19H17F3N4OS2. The summed E-state index contributed by atoms with van der Waals surface area (Å²) in [7, 11) is 0. The number of carbonyl (C=O) groups is 1. The summed E-state index contributed by atoms with van der Waals surface area (Å²) in [5.74, 6) is -0.546. The molecule has 1 aromatic heterocycles. The van der Waals surface area contributed by atoms with Crippen LogP contribution in [0.2, 0.25) is 0 Å². The summed E-state index contributed by atoms with van der Waals surface area (Å²) in [4.78, 5) is 12.4. The van der Waals surface area contributed by atoms with E-state index in [4.69, 9.17) is 0 Å². The zero-order valence-electron chi connectivity index (χ0n) is 15.4. The molecule has 0 aliphatic heterocycles. The largest absolute Gasteiger partial charge is 0.418 e. The van der Waals surface area contributed by atoms with Crippen molar-refractivity contribution >= 4 is 45.5 Å². The molecule has 2 aromatic carbocycles. The van der Waals surface area contributed by atoms with Gasteiger partial charge in [0, 0.05) is 5.69 Å². The van der Waals surface area contributed by atoms with Gasteiger partial charge >= 0.3 is 6.18 Å². The topological polar surface area (TPSA) is 66.9 Å². The fourth-order valence-electron chi connectivity index (χ4n) is 2.43. The molecule has 3 rings (SSSR count). The molecular weight excluding hydrogens is 421 g/mol. The number of amides is 1. The van der Waals surface area contributed by atoms with E-state index in [1.807, 2.05) is 31.2 Å². The lowest BCUT2D eigenvalue weighted by Crippen LogP contribution is -2.24. The predicted octanol–water partition coefficient (Wildman–Crippen LogP) is 5.73. The number of rotatable bonds is 6. The van der Waals surface area contributed by atoms with Crippen molar-refractivity contribution in [2.24, 2.45) is 0 Å². The van der Waals surface area contributed by atoms with E-state index in [-0.39, 0.29) is 5.69 Å². The Kier molecular flexibility index (Phi) is 6.43. The Balaban J connectivity index is 1.63. The van der Waals surface area contributed by atoms with Crippen LogP contribution >= 0.6 is 23.1 Å². The number of alkyl halides is 3. The maximum Gasteiger partial charge on any atom is 0.418 e. The monoisotopic (exact) mass is 438 g/mol. The van der Waals surface area contributed by atoms with Gasteiger partial charge in [0.25, 0.3) is 0 Å². The maximum absolute atomic E-state index is 13.1. The second-order valence-corrected chi connectivity index (χ2v) is 8.73. The number of hydrogen-bond donors (Lipinski definition) is 2. The highest BCUT2D eigenvalue weighted by Crippen LogP contribution is 2.35. The number of nitrogens with zero attached hydrogens (tertiary/aromatic N) is 2. The summed E-state index contributed by atoms with van der Waals surface area (Å²) in [6.07, 6.45) is -4.55. The van der Waals surface area contributed by atoms with Gasteiger partial charge < -0.3 is 10.6 Å². The highest BCUT2D eigenvalue weighted by molar-refractivity contribution is 8.02. The van der Waals surface area contributed by atoms with Crippen molar-refractivity contribution in [2.75, 3.05) is 10.6 Å². The van der Waals surface area contributed by atoms with E-state index in [1.165, 1.54) is 29.5 Å². The zero-order chi connectivity index (χ0) is 21.0. The zero-order valence-corrected chi connectivity index (χ0v) is 17.1. The number of carbonyl (C=O) groups excluding carboxylic acids is 1. The summed E-state index contributed by atoms with van der Waals surface area (Å²) in [5, 5.41) is 13.5. The molecule has 152 valence electrons. The van der Waals surface area contributed by atoms with Crippen molar-refractivity contribution in [3.05, 3.63) is 59.7 Å². The third-order valence-electron chi connectivity index (χ3n) is 3.81. The van der Waals surface area contributed by atoms with Crippen molar-refractivity contribution in [3.8, 4) is 0 Å². The van der Waals surface area contributed by atoms with Crippen molar-refractivity contribution in [2.45, 2.75) is 29.6 Å². The van der Waals surface area contributed by atoms with Gasteiger partial charge in [0.2, 0.25) is 11.0 Å². The summed E-state index contributed by atoms with van der Waals surface area (Å²) in [6.45, 7) is 3.58. The number of aryl methyl sites for hydroxylation is 1. The predicted molar refractivity (Wildman–Crippen MR) is 110 cm³/mol. The van der Waals surface area contributed by atoms with Crippen molar-refractivity contribution in [1.29, 1.82) is 0 Å². The first-order valence-corrected chi connectivity index (χ1v) is 10.2. The molecule has 1 heterocycles. The summed E-state index contributed by atoms with van der Waals surface area (Å²) in [5.41, 5.74) is 0.813.